The fourth-order valence-corrected chi connectivity index (χ4v) is 1.89. The van der Waals surface area contributed by atoms with E-state index in [1.54, 1.807) is 11.7 Å². The maximum absolute atomic E-state index is 12.0. The first-order valence-electron chi connectivity index (χ1n) is 6.24. The van der Waals surface area contributed by atoms with E-state index in [-0.39, 0.29) is 5.91 Å². The van der Waals surface area contributed by atoms with E-state index in [0.717, 1.165) is 17.8 Å². The Bertz CT molecular complexity index is 562. The summed E-state index contributed by atoms with van der Waals surface area (Å²) >= 11 is 0. The molecule has 5 nitrogen and oxygen atoms in total. The summed E-state index contributed by atoms with van der Waals surface area (Å²) in [4.78, 5) is 12.0. The normalized spacial score (nSPS) is 10.2. The second-order valence-electron chi connectivity index (χ2n) is 4.28. The van der Waals surface area contributed by atoms with Crippen LogP contribution in [0.3, 0.4) is 0 Å². The third-order valence-corrected chi connectivity index (χ3v) is 2.88. The zero-order chi connectivity index (χ0) is 13.7. The first-order valence-corrected chi connectivity index (χ1v) is 6.24. The largest absolute Gasteiger partial charge is 0.387 e. The van der Waals surface area contributed by atoms with Crippen molar-refractivity contribution in [1.82, 2.24) is 15.1 Å². The van der Waals surface area contributed by atoms with Crippen molar-refractivity contribution in [1.29, 1.82) is 0 Å². The zero-order valence-electron chi connectivity index (χ0n) is 11.2. The number of nitrogens with zero attached hydrogens (tertiary/aromatic N) is 2. The lowest BCUT2D eigenvalue weighted by Gasteiger charge is -2.09. The highest BCUT2D eigenvalue weighted by Gasteiger charge is 2.09. The minimum absolute atomic E-state index is 0.0686. The molecule has 5 heteroatoms. The van der Waals surface area contributed by atoms with Crippen molar-refractivity contribution in [3.05, 3.63) is 47.8 Å². The van der Waals surface area contributed by atoms with Crippen molar-refractivity contribution in [3.63, 3.8) is 0 Å². The number of aromatic nitrogens is 2. The van der Waals surface area contributed by atoms with Gasteiger partial charge in [0.15, 0.2) is 0 Å². The van der Waals surface area contributed by atoms with Gasteiger partial charge in [-0.3, -0.25) is 9.48 Å². The van der Waals surface area contributed by atoms with Gasteiger partial charge in [0.05, 0.1) is 11.3 Å². The van der Waals surface area contributed by atoms with Gasteiger partial charge in [0.2, 0.25) is 0 Å². The number of hydrogen-bond acceptors (Lipinski definition) is 3. The van der Waals surface area contributed by atoms with Gasteiger partial charge in [-0.2, -0.15) is 5.10 Å². The van der Waals surface area contributed by atoms with Gasteiger partial charge in [-0.25, -0.2) is 0 Å². The van der Waals surface area contributed by atoms with Gasteiger partial charge in [0.25, 0.3) is 5.91 Å². The van der Waals surface area contributed by atoms with E-state index >= 15 is 0 Å². The molecule has 1 heterocycles. The van der Waals surface area contributed by atoms with Gasteiger partial charge in [0, 0.05) is 38.9 Å². The molecule has 0 aliphatic heterocycles. The summed E-state index contributed by atoms with van der Waals surface area (Å²) < 4.78 is 1.76. The third-order valence-electron chi connectivity index (χ3n) is 2.88. The summed E-state index contributed by atoms with van der Waals surface area (Å²) in [6, 6.07) is 9.40. The predicted molar refractivity (Wildman–Crippen MR) is 75.2 cm³/mol. The summed E-state index contributed by atoms with van der Waals surface area (Å²) in [7, 11) is 3.69. The Hall–Kier alpha value is -2.30. The highest BCUT2D eigenvalue weighted by molar-refractivity contribution is 5.99. The Morgan fingerprint density at radius 2 is 2.11 bits per heavy atom. The number of anilines is 1. The zero-order valence-corrected chi connectivity index (χ0v) is 11.2. The number of aryl methyl sites for hydroxylation is 1. The minimum atomic E-state index is -0.0686. The summed E-state index contributed by atoms with van der Waals surface area (Å²) in [6.07, 6.45) is 2.63. The molecule has 0 aliphatic rings. The van der Waals surface area contributed by atoms with Crippen LogP contribution in [-0.4, -0.2) is 29.3 Å². The molecule has 2 aromatic rings. The highest BCUT2D eigenvalue weighted by Crippen LogP contribution is 2.13. The van der Waals surface area contributed by atoms with Crippen molar-refractivity contribution in [2.45, 2.75) is 6.42 Å². The van der Waals surface area contributed by atoms with Crippen molar-refractivity contribution < 1.29 is 4.79 Å². The molecule has 0 saturated heterocycles. The minimum Gasteiger partial charge on any atom is -0.387 e. The molecule has 0 spiro atoms. The van der Waals surface area contributed by atoms with Crippen LogP contribution in [0.1, 0.15) is 16.1 Å². The number of nitrogens with one attached hydrogen (secondary N) is 2. The van der Waals surface area contributed by atoms with E-state index in [1.165, 1.54) is 0 Å². The number of hydrogen-bond donors (Lipinski definition) is 2. The fourth-order valence-electron chi connectivity index (χ4n) is 1.89. The van der Waals surface area contributed by atoms with Gasteiger partial charge in [-0.1, -0.05) is 12.1 Å². The molecular weight excluding hydrogens is 240 g/mol. The first-order chi connectivity index (χ1) is 9.20. The third kappa shape index (κ3) is 3.34. The number of carbonyl (C=O) groups is 1. The maximum atomic E-state index is 12.0. The lowest BCUT2D eigenvalue weighted by atomic mass is 10.1. The summed E-state index contributed by atoms with van der Waals surface area (Å²) in [6.45, 7) is 0.577. The average molecular weight is 258 g/mol. The molecule has 2 N–H and O–H groups in total. The number of benzene rings is 1. The number of rotatable bonds is 5. The quantitative estimate of drug-likeness (QED) is 0.853. The number of carbonyl (C=O) groups excluding carboxylic acids is 1. The van der Waals surface area contributed by atoms with Crippen molar-refractivity contribution in [2.75, 3.05) is 18.9 Å². The Labute approximate surface area is 112 Å². The van der Waals surface area contributed by atoms with Crippen molar-refractivity contribution in [3.8, 4) is 0 Å². The molecule has 0 atom stereocenters. The highest BCUT2D eigenvalue weighted by atomic mass is 16.1. The van der Waals surface area contributed by atoms with Crippen molar-refractivity contribution >= 4 is 11.6 Å². The maximum Gasteiger partial charge on any atom is 0.253 e. The van der Waals surface area contributed by atoms with Gasteiger partial charge in [-0.05, 0) is 18.2 Å². The first kappa shape index (κ1) is 13.1. The molecule has 1 aromatic carbocycles. The van der Waals surface area contributed by atoms with Gasteiger partial charge in [-0.15, -0.1) is 0 Å². The lowest BCUT2D eigenvalue weighted by molar-refractivity contribution is 0.0955. The van der Waals surface area contributed by atoms with E-state index < -0.39 is 0 Å². The molecule has 2 rings (SSSR count). The van der Waals surface area contributed by atoms with E-state index in [1.807, 2.05) is 43.6 Å². The summed E-state index contributed by atoms with van der Waals surface area (Å²) in [5.41, 5.74) is 2.47. The van der Waals surface area contributed by atoms with Crippen molar-refractivity contribution in [2.24, 2.45) is 7.05 Å². The SMILES string of the molecule is CNc1ccccc1C(=O)NCCc1ccn(C)n1. The smallest absolute Gasteiger partial charge is 0.253 e. The molecule has 0 saturated carbocycles. The topological polar surface area (TPSA) is 59.0 Å². The lowest BCUT2D eigenvalue weighted by Crippen LogP contribution is -2.26. The van der Waals surface area contributed by atoms with E-state index in [0.29, 0.717) is 12.1 Å². The number of amides is 1. The second-order valence-corrected chi connectivity index (χ2v) is 4.28. The van der Waals surface area contributed by atoms with Crippen LogP contribution < -0.4 is 10.6 Å². The number of para-hydroxylation sites is 1. The summed E-state index contributed by atoms with van der Waals surface area (Å²) in [5, 5.41) is 10.2. The molecule has 0 bridgehead atoms. The average Bonchev–Trinajstić information content (AvgIpc) is 2.84. The van der Waals surface area contributed by atoms with Crippen LogP contribution in [0.25, 0.3) is 0 Å². The van der Waals surface area contributed by atoms with Gasteiger partial charge in [0.1, 0.15) is 0 Å². The molecule has 19 heavy (non-hydrogen) atoms. The molecule has 1 aromatic heterocycles. The molecular formula is C14H18N4O. The second kappa shape index (κ2) is 6.04. The van der Waals surface area contributed by atoms with Crippen LogP contribution in [-0.2, 0) is 13.5 Å². The molecule has 0 radical (unpaired) electrons. The van der Waals surface area contributed by atoms with Crippen LogP contribution in [0.15, 0.2) is 36.5 Å². The fraction of sp³-hybridized carbons (Fsp3) is 0.286. The Morgan fingerprint density at radius 1 is 1.32 bits per heavy atom. The van der Waals surface area contributed by atoms with E-state index in [9.17, 15) is 4.79 Å². The van der Waals surface area contributed by atoms with Crippen LogP contribution in [0.2, 0.25) is 0 Å². The standard InChI is InChI=1S/C14H18N4O/c1-15-13-6-4-3-5-12(13)14(19)16-9-7-11-8-10-18(2)17-11/h3-6,8,10,15H,7,9H2,1-2H3,(H,16,19). The molecule has 1 amide bonds. The van der Waals surface area contributed by atoms with Crippen LogP contribution in [0.5, 0.6) is 0 Å². The summed E-state index contributed by atoms with van der Waals surface area (Å²) in [5.74, 6) is -0.0686. The molecule has 0 unspecified atom stereocenters. The predicted octanol–water partition coefficient (Wildman–Crippen LogP) is 1.43. The monoisotopic (exact) mass is 258 g/mol. The molecule has 100 valence electrons. The van der Waals surface area contributed by atoms with E-state index in [2.05, 4.69) is 15.7 Å². The van der Waals surface area contributed by atoms with E-state index in [4.69, 9.17) is 0 Å². The molecule has 0 aliphatic carbocycles. The molecule has 0 fully saturated rings. The van der Waals surface area contributed by atoms with Crippen LogP contribution >= 0.6 is 0 Å². The van der Waals surface area contributed by atoms with Gasteiger partial charge >= 0.3 is 0 Å². The van der Waals surface area contributed by atoms with Crippen LogP contribution in [0.4, 0.5) is 5.69 Å². The van der Waals surface area contributed by atoms with Crippen LogP contribution in [0, 0.1) is 0 Å². The Balaban J connectivity index is 1.90. The Morgan fingerprint density at radius 3 is 2.79 bits per heavy atom. The van der Waals surface area contributed by atoms with Gasteiger partial charge < -0.3 is 10.6 Å². The Kier molecular flexibility index (Phi) is 4.18.